The molecule has 2 aromatic heterocycles. The maximum Gasteiger partial charge on any atom is 0.188 e. The van der Waals surface area contributed by atoms with E-state index in [0.717, 1.165) is 0 Å². The Balaban J connectivity index is 2.19. The molecule has 104 valence electrons. The van der Waals surface area contributed by atoms with Crippen molar-refractivity contribution in [2.24, 2.45) is 0 Å². The summed E-state index contributed by atoms with van der Waals surface area (Å²) in [4.78, 5) is 7.76. The lowest BCUT2D eigenvalue weighted by Gasteiger charge is -2.10. The van der Waals surface area contributed by atoms with Gasteiger partial charge in [-0.25, -0.2) is 16.8 Å². The summed E-state index contributed by atoms with van der Waals surface area (Å²) in [5, 5.41) is -1.16. The van der Waals surface area contributed by atoms with Crippen LogP contribution in [0.15, 0.2) is 52.6 Å². The van der Waals surface area contributed by atoms with Crippen molar-refractivity contribution in [3.05, 3.63) is 48.5 Å². The normalized spacial score (nSPS) is 20.5. The highest BCUT2D eigenvalue weighted by atomic mass is 32.2. The zero-order chi connectivity index (χ0) is 14.4. The van der Waals surface area contributed by atoms with Crippen LogP contribution in [0.4, 0.5) is 0 Å². The Bertz CT molecular complexity index is 861. The molecule has 3 rings (SSSR count). The van der Waals surface area contributed by atoms with Crippen molar-refractivity contribution in [3.8, 4) is 0 Å². The average Bonchev–Trinajstić information content (AvgIpc) is 2.73. The lowest BCUT2D eigenvalue weighted by Crippen LogP contribution is -2.16. The van der Waals surface area contributed by atoms with E-state index in [0.29, 0.717) is 0 Å². The number of aromatic nitrogens is 2. The average molecular weight is 310 g/mol. The van der Waals surface area contributed by atoms with E-state index >= 15 is 0 Å². The van der Waals surface area contributed by atoms with Crippen LogP contribution in [0.1, 0.15) is 10.9 Å². The molecule has 6 nitrogen and oxygen atoms in total. The quantitative estimate of drug-likeness (QED) is 0.813. The second-order valence-electron chi connectivity index (χ2n) is 4.38. The van der Waals surface area contributed by atoms with Gasteiger partial charge in [-0.15, -0.1) is 0 Å². The van der Waals surface area contributed by atoms with Crippen LogP contribution in [0.2, 0.25) is 0 Å². The van der Waals surface area contributed by atoms with Crippen LogP contribution in [-0.2, 0) is 19.7 Å². The van der Waals surface area contributed by atoms with Gasteiger partial charge < -0.3 is 0 Å². The zero-order valence-corrected chi connectivity index (χ0v) is 11.8. The smallest absolute Gasteiger partial charge is 0.188 e. The van der Waals surface area contributed by atoms with Crippen LogP contribution < -0.4 is 0 Å². The van der Waals surface area contributed by atoms with Crippen molar-refractivity contribution in [2.75, 3.05) is 5.75 Å². The fourth-order valence-corrected chi connectivity index (χ4v) is 6.38. The predicted octanol–water partition coefficient (Wildman–Crippen LogP) is 0.779. The number of hydrogen-bond donors (Lipinski definition) is 0. The number of nitrogens with zero attached hydrogens (tertiary/aromatic N) is 2. The molecule has 1 atom stereocenters. The monoisotopic (exact) mass is 310 g/mol. The summed E-state index contributed by atoms with van der Waals surface area (Å²) in [5.74, 6) is -0.468. The van der Waals surface area contributed by atoms with Crippen LogP contribution in [-0.4, -0.2) is 32.6 Å². The van der Waals surface area contributed by atoms with Gasteiger partial charge >= 0.3 is 0 Å². The van der Waals surface area contributed by atoms with Crippen molar-refractivity contribution in [1.82, 2.24) is 9.97 Å². The second-order valence-corrected chi connectivity index (χ2v) is 8.52. The van der Waals surface area contributed by atoms with Gasteiger partial charge in [0.1, 0.15) is 5.25 Å². The Hall–Kier alpha value is -1.80. The molecule has 0 bridgehead atoms. The van der Waals surface area contributed by atoms with Crippen LogP contribution in [0.25, 0.3) is 0 Å². The topological polar surface area (TPSA) is 94.1 Å². The summed E-state index contributed by atoms with van der Waals surface area (Å²) in [6.45, 7) is 0. The van der Waals surface area contributed by atoms with Crippen LogP contribution in [0, 0.1) is 0 Å². The van der Waals surface area contributed by atoms with Gasteiger partial charge in [-0.05, 0) is 24.3 Å². The van der Waals surface area contributed by atoms with E-state index in [1.807, 2.05) is 0 Å². The molecule has 8 heteroatoms. The summed E-state index contributed by atoms with van der Waals surface area (Å²) in [7, 11) is -7.41. The number of rotatable bonds is 2. The molecule has 1 aliphatic rings. The number of sulfone groups is 2. The SMILES string of the molecule is O=S1(=O)CC(S(=O)(=O)c2ccncc2)c2ncccc21. The molecule has 0 N–H and O–H groups in total. The van der Waals surface area contributed by atoms with E-state index in [1.54, 1.807) is 0 Å². The lowest BCUT2D eigenvalue weighted by atomic mass is 10.3. The molecule has 0 radical (unpaired) electrons. The Kier molecular flexibility index (Phi) is 2.87. The Morgan fingerprint density at radius 3 is 2.50 bits per heavy atom. The standard InChI is InChI=1S/C12H10N2O4S2/c15-19(16)8-11(12-10(19)2-1-5-14-12)20(17,18)9-3-6-13-7-4-9/h1-7,11H,8H2. The summed E-state index contributed by atoms with van der Waals surface area (Å²) in [5.41, 5.74) is 0.101. The summed E-state index contributed by atoms with van der Waals surface area (Å²) >= 11 is 0. The van der Waals surface area contributed by atoms with Gasteiger partial charge in [0, 0.05) is 18.6 Å². The fourth-order valence-electron chi connectivity index (χ4n) is 2.20. The lowest BCUT2D eigenvalue weighted by molar-refractivity contribution is 0.581. The summed E-state index contributed by atoms with van der Waals surface area (Å²) in [6, 6.07) is 5.57. The zero-order valence-electron chi connectivity index (χ0n) is 10.2. The largest absolute Gasteiger partial charge is 0.265 e. The predicted molar refractivity (Wildman–Crippen MR) is 70.5 cm³/mol. The highest BCUT2D eigenvalue weighted by Crippen LogP contribution is 2.39. The van der Waals surface area contributed by atoms with Crippen LogP contribution in [0.3, 0.4) is 0 Å². The van der Waals surface area contributed by atoms with Gasteiger partial charge in [-0.1, -0.05) is 0 Å². The van der Waals surface area contributed by atoms with Crippen molar-refractivity contribution in [1.29, 1.82) is 0 Å². The van der Waals surface area contributed by atoms with Gasteiger partial charge in [0.15, 0.2) is 19.7 Å². The molecule has 1 unspecified atom stereocenters. The van der Waals surface area contributed by atoms with E-state index in [-0.39, 0.29) is 15.5 Å². The molecule has 0 aromatic carbocycles. The van der Waals surface area contributed by atoms with Gasteiger partial charge in [0.05, 0.1) is 21.2 Å². The first-order valence-corrected chi connectivity index (χ1v) is 8.94. The van der Waals surface area contributed by atoms with Crippen LogP contribution in [0.5, 0.6) is 0 Å². The molecular weight excluding hydrogens is 300 g/mol. The van der Waals surface area contributed by atoms with Gasteiger partial charge in [-0.3, -0.25) is 9.97 Å². The third kappa shape index (κ3) is 1.92. The van der Waals surface area contributed by atoms with Gasteiger partial charge in [0.25, 0.3) is 0 Å². The highest BCUT2D eigenvalue weighted by Gasteiger charge is 2.44. The van der Waals surface area contributed by atoms with E-state index in [4.69, 9.17) is 0 Å². The highest BCUT2D eigenvalue weighted by molar-refractivity contribution is 7.96. The van der Waals surface area contributed by atoms with Crippen LogP contribution >= 0.6 is 0 Å². The first kappa shape index (κ1) is 13.2. The Morgan fingerprint density at radius 1 is 1.10 bits per heavy atom. The Labute approximate surface area is 116 Å². The first-order chi connectivity index (χ1) is 9.43. The van der Waals surface area contributed by atoms with Gasteiger partial charge in [-0.2, -0.15) is 0 Å². The minimum absolute atomic E-state index is 0.00244. The maximum atomic E-state index is 12.6. The molecule has 0 fully saturated rings. The molecule has 0 saturated heterocycles. The molecule has 0 saturated carbocycles. The van der Waals surface area contributed by atoms with Crippen molar-refractivity contribution in [3.63, 3.8) is 0 Å². The third-order valence-corrected chi connectivity index (χ3v) is 7.23. The molecule has 2 aromatic rings. The summed E-state index contributed by atoms with van der Waals surface area (Å²) in [6.07, 6.45) is 4.11. The van der Waals surface area contributed by atoms with E-state index in [1.165, 1.54) is 42.9 Å². The van der Waals surface area contributed by atoms with Crippen molar-refractivity contribution >= 4 is 19.7 Å². The molecule has 0 aliphatic carbocycles. The maximum absolute atomic E-state index is 12.6. The number of hydrogen-bond acceptors (Lipinski definition) is 6. The van der Waals surface area contributed by atoms with Crippen molar-refractivity contribution in [2.45, 2.75) is 15.0 Å². The van der Waals surface area contributed by atoms with E-state index < -0.39 is 30.7 Å². The number of pyridine rings is 2. The summed E-state index contributed by atoms with van der Waals surface area (Å²) < 4.78 is 49.2. The van der Waals surface area contributed by atoms with E-state index in [2.05, 4.69) is 9.97 Å². The molecule has 0 spiro atoms. The molecule has 20 heavy (non-hydrogen) atoms. The first-order valence-electron chi connectivity index (χ1n) is 5.74. The molecule has 0 amide bonds. The molecule has 1 aliphatic heterocycles. The van der Waals surface area contributed by atoms with Crippen molar-refractivity contribution < 1.29 is 16.8 Å². The second kappa shape index (κ2) is 4.35. The molecular formula is C12H10N2O4S2. The van der Waals surface area contributed by atoms with Gasteiger partial charge in [0.2, 0.25) is 0 Å². The minimum Gasteiger partial charge on any atom is -0.265 e. The van der Waals surface area contributed by atoms with E-state index in [9.17, 15) is 16.8 Å². The Morgan fingerprint density at radius 2 is 1.80 bits per heavy atom. The molecule has 3 heterocycles. The fraction of sp³-hybridized carbons (Fsp3) is 0.167. The minimum atomic E-state index is -3.80. The third-order valence-electron chi connectivity index (χ3n) is 3.16. The number of fused-ring (bicyclic) bond motifs is 1.